The maximum absolute atomic E-state index is 14.6. The van der Waals surface area contributed by atoms with Gasteiger partial charge in [0.1, 0.15) is 55.4 Å². The Morgan fingerprint density at radius 1 is 0.793 bits per heavy atom. The first kappa shape index (κ1) is 59.0. The third-order valence-corrected chi connectivity index (χ3v) is 17.6. The van der Waals surface area contributed by atoms with Gasteiger partial charge in [0.05, 0.1) is 80.1 Å². The van der Waals surface area contributed by atoms with Gasteiger partial charge >= 0.3 is 23.8 Å². The molecule has 4 aliphatic rings. The van der Waals surface area contributed by atoms with Crippen LogP contribution >= 0.6 is 34.7 Å². The van der Waals surface area contributed by atoms with Crippen molar-refractivity contribution in [1.29, 1.82) is 0 Å². The van der Waals surface area contributed by atoms with Gasteiger partial charge in [-0.2, -0.15) is 0 Å². The number of fused-ring (bicyclic) bond motifs is 1. The van der Waals surface area contributed by atoms with Crippen LogP contribution in [0.3, 0.4) is 0 Å². The van der Waals surface area contributed by atoms with Gasteiger partial charge in [0, 0.05) is 55.6 Å². The molecule has 1 aromatic heterocycles. The number of halogens is 1. The van der Waals surface area contributed by atoms with Crippen molar-refractivity contribution in [2.75, 3.05) is 79.4 Å². The van der Waals surface area contributed by atoms with E-state index in [0.717, 1.165) is 42.0 Å². The van der Waals surface area contributed by atoms with Crippen LogP contribution in [0.15, 0.2) is 102 Å². The quantitative estimate of drug-likeness (QED) is 0.0269. The maximum atomic E-state index is 14.6. The lowest BCUT2D eigenvalue weighted by molar-refractivity contribution is -0.911. The van der Waals surface area contributed by atoms with Crippen LogP contribution in [0.5, 0.6) is 28.7 Å². The van der Waals surface area contributed by atoms with Crippen LogP contribution in [-0.2, 0) is 48.5 Å². The predicted octanol–water partition coefficient (Wildman–Crippen LogP) is 7.26. The highest BCUT2D eigenvalue weighted by atomic mass is 35.5. The second kappa shape index (κ2) is 26.5. The Bertz CT molecular complexity index is 3220. The van der Waals surface area contributed by atoms with Gasteiger partial charge in [-0.3, -0.25) is 33.8 Å². The third-order valence-electron chi connectivity index (χ3n) is 15.1. The minimum Gasteiger partial charge on any atom is -0.497 e. The van der Waals surface area contributed by atoms with Crippen LogP contribution in [0.4, 0.5) is 4.79 Å². The molecule has 0 radical (unpaired) electrons. The highest BCUT2D eigenvalue weighted by Gasteiger charge is 2.55. The Balaban J connectivity index is 0.918. The molecule has 5 heterocycles. The van der Waals surface area contributed by atoms with Crippen molar-refractivity contribution in [2.45, 2.75) is 64.3 Å². The summed E-state index contributed by atoms with van der Waals surface area (Å²) in [6, 6.07) is 22.9. The summed E-state index contributed by atoms with van der Waals surface area (Å²) in [6.07, 6.45) is 1.48. The summed E-state index contributed by atoms with van der Waals surface area (Å²) < 4.78 is 35.0. The Hall–Kier alpha value is -7.66. The highest BCUT2D eigenvalue weighted by molar-refractivity contribution is 8.00. The number of thiazole rings is 1. The number of β-lactam (4-membered cyclic amide) rings is 1. The molecule has 0 saturated carbocycles. The van der Waals surface area contributed by atoms with Gasteiger partial charge in [-0.1, -0.05) is 48.0 Å². The van der Waals surface area contributed by atoms with E-state index < -0.39 is 58.7 Å². The number of imide groups is 1. The summed E-state index contributed by atoms with van der Waals surface area (Å²) in [5.41, 5.74) is 3.66. The smallest absolute Gasteiger partial charge is 0.355 e. The van der Waals surface area contributed by atoms with Crippen molar-refractivity contribution in [2.24, 2.45) is 5.92 Å². The van der Waals surface area contributed by atoms with E-state index in [1.807, 2.05) is 48.5 Å². The number of carbonyl (C=O) groups is 7. The normalized spacial score (nSPS) is 17.8. The van der Waals surface area contributed by atoms with Crippen molar-refractivity contribution in [3.63, 3.8) is 0 Å². The van der Waals surface area contributed by atoms with Gasteiger partial charge in [0.15, 0.2) is 17.3 Å². The number of nitrogens with zero attached hydrogens (tertiary/aromatic N) is 5. The van der Waals surface area contributed by atoms with E-state index in [4.69, 9.17) is 40.0 Å². The number of ether oxygens (including phenoxy) is 6. The first-order valence-corrected chi connectivity index (χ1v) is 29.2. The molecule has 2 N–H and O–H groups in total. The number of methoxy groups -OCH3 is 3. The van der Waals surface area contributed by atoms with Crippen molar-refractivity contribution in [3.8, 4) is 28.7 Å². The number of quaternary nitrogens is 1. The van der Waals surface area contributed by atoms with Crippen molar-refractivity contribution >= 4 is 76.1 Å². The molecule has 0 unspecified atom stereocenters. The van der Waals surface area contributed by atoms with Crippen molar-refractivity contribution < 1.29 is 66.5 Å². The van der Waals surface area contributed by atoms with Crippen molar-refractivity contribution in [1.82, 2.24) is 30.3 Å². The summed E-state index contributed by atoms with van der Waals surface area (Å²) >= 11 is 9.76. The van der Waals surface area contributed by atoms with Crippen LogP contribution in [0.2, 0.25) is 5.02 Å². The number of likely N-dealkylation sites (N-methyl/N-ethyl adjacent to an activating group) is 1. The number of nitrogens with one attached hydrogen (secondary N) is 2. The molecule has 23 heteroatoms. The van der Waals surface area contributed by atoms with Crippen molar-refractivity contribution in [3.05, 3.63) is 140 Å². The van der Waals surface area contributed by atoms with E-state index in [2.05, 4.69) is 15.6 Å². The van der Waals surface area contributed by atoms with Crippen LogP contribution in [0.25, 0.3) is 0 Å². The topological polar surface area (TPSA) is 222 Å². The fourth-order valence-electron chi connectivity index (χ4n) is 10.5. The van der Waals surface area contributed by atoms with E-state index in [0.29, 0.717) is 69.0 Å². The first-order chi connectivity index (χ1) is 39.6. The minimum absolute atomic E-state index is 0.0619. The van der Waals surface area contributed by atoms with Gasteiger partial charge in [-0.05, 0) is 79.1 Å². The SMILES string of the molecule is CCN1CCN(C(=O)N[C@@H](C(=O)C[C@@H]2C(=O)N3C(C(=O)OCc4ccc(OC)cc4)=C(C[N+]4(CCNC(=O)c5ccc(OCc6ccc(OC)cc6)c(OCc6ccc(OC)cc6)c5Cl)CCCC4)CS[C@H]23)c2csc(C)n2)C(=O)C1=O. The highest BCUT2D eigenvalue weighted by Crippen LogP contribution is 2.47. The van der Waals surface area contributed by atoms with Crippen LogP contribution in [-0.4, -0.2) is 150 Å². The Morgan fingerprint density at radius 2 is 1.40 bits per heavy atom. The molecule has 3 saturated heterocycles. The van der Waals surface area contributed by atoms with E-state index in [1.54, 1.807) is 77.0 Å². The lowest BCUT2D eigenvalue weighted by Crippen LogP contribution is -2.63. The largest absolute Gasteiger partial charge is 0.497 e. The maximum Gasteiger partial charge on any atom is 0.355 e. The lowest BCUT2D eigenvalue weighted by atomic mass is 9.88. The number of aryl methyl sites for hydroxylation is 1. The molecule has 0 aliphatic carbocycles. The van der Waals surface area contributed by atoms with Crippen LogP contribution in [0.1, 0.15) is 70.0 Å². The van der Waals surface area contributed by atoms with Gasteiger partial charge in [0.25, 0.3) is 5.91 Å². The number of piperazine rings is 1. The molecule has 0 bridgehead atoms. The number of aromatic nitrogens is 1. The number of Topliss-reactive ketones (excluding diaryl/α,β-unsaturated/α-hetero) is 1. The molecule has 82 heavy (non-hydrogen) atoms. The zero-order valence-electron chi connectivity index (χ0n) is 46.2. The molecule has 0 spiro atoms. The Morgan fingerprint density at radius 3 is 1.99 bits per heavy atom. The number of urea groups is 1. The average molecular weight is 1180 g/mol. The molecule has 20 nitrogen and oxygen atoms in total. The molecular formula is C59H65ClN7O13S2+. The molecule has 6 amide bonds. The Kier molecular flexibility index (Phi) is 19.1. The number of rotatable bonds is 24. The second-order valence-electron chi connectivity index (χ2n) is 20.2. The predicted molar refractivity (Wildman–Crippen MR) is 306 cm³/mol. The number of hydrogen-bond acceptors (Lipinski definition) is 16. The molecule has 4 aromatic carbocycles. The number of hydrogen-bond donors (Lipinski definition) is 2. The van der Waals surface area contributed by atoms with E-state index >= 15 is 0 Å². The standard InChI is InChI=1S/C59H64ClN7O13S2/c1-6-64-24-25-65(56(72)55(64)71)59(74)63-50(46-35-81-36(2)62-46)47(68)29-45-54(70)66-51(58(73)80-33-39-13-19-43(77-5)20-14-39)40(34-82-57(45)66)30-67(26-7-8-27-67)28-23-61-53(69)44-21-22-48(78-31-37-9-15-41(75-3)16-10-37)52(49(44)60)79-32-38-11-17-42(76-4)18-12-38/h9-22,35,45,50,57H,6-8,23-34H2,1-5H3,(H-,61,63,69,74)/p+1/t45-,50-,57-/m1/s1. The summed E-state index contributed by atoms with van der Waals surface area (Å²) in [6.45, 7) is 6.69. The summed E-state index contributed by atoms with van der Waals surface area (Å²) in [4.78, 5) is 105. The lowest BCUT2D eigenvalue weighted by Gasteiger charge is -2.50. The van der Waals surface area contributed by atoms with Gasteiger partial charge in [-0.15, -0.1) is 23.1 Å². The molecule has 9 rings (SSSR count). The molecule has 3 atom stereocenters. The zero-order valence-corrected chi connectivity index (χ0v) is 48.6. The fourth-order valence-corrected chi connectivity index (χ4v) is 12.8. The van der Waals surface area contributed by atoms with Crippen LogP contribution in [0, 0.1) is 12.8 Å². The number of benzene rings is 4. The summed E-state index contributed by atoms with van der Waals surface area (Å²) in [7, 11) is 4.74. The van der Waals surface area contributed by atoms with Gasteiger partial charge in [0.2, 0.25) is 5.91 Å². The fraction of sp³-hybridized carbons (Fsp3) is 0.390. The van der Waals surface area contributed by atoms with Gasteiger partial charge < -0.3 is 48.4 Å². The van der Waals surface area contributed by atoms with Crippen LogP contribution < -0.4 is 34.3 Å². The van der Waals surface area contributed by atoms with E-state index in [-0.39, 0.29) is 73.6 Å². The second-order valence-corrected chi connectivity index (χ2v) is 22.8. The molecule has 432 valence electrons. The molecule has 3 fully saturated rings. The molecule has 5 aromatic rings. The number of carbonyl (C=O) groups excluding carboxylic acids is 7. The number of likely N-dealkylation sites (tertiary alicyclic amines) is 1. The number of amides is 6. The summed E-state index contributed by atoms with van der Waals surface area (Å²) in [5, 5.41) is 7.43. The third kappa shape index (κ3) is 13.3. The number of esters is 1. The minimum atomic E-state index is -1.33. The number of ketones is 1. The monoisotopic (exact) mass is 1180 g/mol. The number of thioether (sulfide) groups is 1. The Labute approximate surface area is 488 Å². The molecular weight excluding hydrogens is 1110 g/mol. The van der Waals surface area contributed by atoms with E-state index in [9.17, 15) is 33.6 Å². The van der Waals surface area contributed by atoms with Gasteiger partial charge in [-0.25, -0.2) is 14.6 Å². The average Bonchev–Trinajstić information content (AvgIpc) is 1.67. The zero-order chi connectivity index (χ0) is 58.1. The first-order valence-electron chi connectivity index (χ1n) is 26.9. The van der Waals surface area contributed by atoms with E-state index in [1.165, 1.54) is 32.9 Å². The summed E-state index contributed by atoms with van der Waals surface area (Å²) in [5.74, 6) is -1.89. The molecule has 4 aliphatic heterocycles.